The molecule has 108 valence electrons. The zero-order chi connectivity index (χ0) is 14.0. The largest absolute Gasteiger partial charge is 0.392 e. The molecule has 0 aromatic carbocycles. The van der Waals surface area contributed by atoms with Gasteiger partial charge in [-0.15, -0.1) is 0 Å². The second kappa shape index (κ2) is 5.61. The van der Waals surface area contributed by atoms with Crippen LogP contribution in [0.2, 0.25) is 0 Å². The van der Waals surface area contributed by atoms with E-state index in [0.29, 0.717) is 17.8 Å². The third kappa shape index (κ3) is 3.56. The van der Waals surface area contributed by atoms with Crippen LogP contribution in [0.15, 0.2) is 6.33 Å². The molecule has 4 nitrogen and oxygen atoms in total. The number of rotatable bonds is 3. The number of aliphatic hydroxyl groups excluding tert-OH is 1. The van der Waals surface area contributed by atoms with E-state index in [1.165, 1.54) is 12.8 Å². The highest BCUT2D eigenvalue weighted by Gasteiger charge is 2.32. The van der Waals surface area contributed by atoms with Gasteiger partial charge in [-0.1, -0.05) is 20.8 Å². The summed E-state index contributed by atoms with van der Waals surface area (Å²) < 4.78 is 1.75. The van der Waals surface area contributed by atoms with Crippen LogP contribution < -0.4 is 0 Å². The van der Waals surface area contributed by atoms with E-state index >= 15 is 0 Å². The summed E-state index contributed by atoms with van der Waals surface area (Å²) >= 11 is 0. The first kappa shape index (κ1) is 14.5. The molecule has 1 aliphatic rings. The normalized spacial score (nSPS) is 26.4. The Labute approximate surface area is 116 Å². The van der Waals surface area contributed by atoms with Crippen LogP contribution in [0.3, 0.4) is 0 Å². The maximum absolute atomic E-state index is 10.4. The van der Waals surface area contributed by atoms with Gasteiger partial charge in [0, 0.05) is 13.5 Å². The van der Waals surface area contributed by atoms with Gasteiger partial charge in [-0.2, -0.15) is 5.10 Å². The highest BCUT2D eigenvalue weighted by atomic mass is 16.3. The third-order valence-electron chi connectivity index (χ3n) is 4.74. The zero-order valence-corrected chi connectivity index (χ0v) is 12.6. The molecule has 19 heavy (non-hydrogen) atoms. The Morgan fingerprint density at radius 3 is 2.42 bits per heavy atom. The molecule has 1 heterocycles. The predicted molar refractivity (Wildman–Crippen MR) is 75.6 cm³/mol. The Balaban J connectivity index is 1.86. The Morgan fingerprint density at radius 2 is 1.95 bits per heavy atom. The quantitative estimate of drug-likeness (QED) is 0.914. The van der Waals surface area contributed by atoms with E-state index in [-0.39, 0.29) is 6.10 Å². The van der Waals surface area contributed by atoms with Crippen molar-refractivity contribution >= 4 is 0 Å². The summed E-state index contributed by atoms with van der Waals surface area (Å²) in [4.78, 5) is 4.20. The zero-order valence-electron chi connectivity index (χ0n) is 12.6. The Kier molecular flexibility index (Phi) is 4.29. The molecule has 0 saturated heterocycles. The average Bonchev–Trinajstić information content (AvgIpc) is 2.74. The summed E-state index contributed by atoms with van der Waals surface area (Å²) in [6.45, 7) is 6.98. The lowest BCUT2D eigenvalue weighted by Gasteiger charge is -2.38. The summed E-state index contributed by atoms with van der Waals surface area (Å²) in [5.74, 6) is 2.10. The molecule has 1 saturated carbocycles. The van der Waals surface area contributed by atoms with Crippen LogP contribution in [0.5, 0.6) is 0 Å². The van der Waals surface area contributed by atoms with Gasteiger partial charge in [-0.05, 0) is 42.9 Å². The van der Waals surface area contributed by atoms with Crippen molar-refractivity contribution in [3.63, 3.8) is 0 Å². The van der Waals surface area contributed by atoms with Gasteiger partial charge in [0.05, 0.1) is 6.10 Å². The first-order chi connectivity index (χ1) is 8.88. The minimum absolute atomic E-state index is 0.274. The molecule has 1 aliphatic carbocycles. The van der Waals surface area contributed by atoms with E-state index in [2.05, 4.69) is 30.9 Å². The Morgan fingerprint density at radius 1 is 1.32 bits per heavy atom. The van der Waals surface area contributed by atoms with Crippen molar-refractivity contribution in [2.45, 2.75) is 59.0 Å². The molecule has 2 rings (SSSR count). The second-order valence-corrected chi connectivity index (χ2v) is 7.05. The van der Waals surface area contributed by atoms with E-state index < -0.39 is 0 Å². The topological polar surface area (TPSA) is 50.9 Å². The second-order valence-electron chi connectivity index (χ2n) is 7.05. The van der Waals surface area contributed by atoms with Crippen molar-refractivity contribution in [2.24, 2.45) is 24.3 Å². The van der Waals surface area contributed by atoms with Crippen LogP contribution in [0.25, 0.3) is 0 Å². The highest BCUT2D eigenvalue weighted by Crippen LogP contribution is 2.40. The van der Waals surface area contributed by atoms with Crippen LogP contribution >= 0.6 is 0 Å². The highest BCUT2D eigenvalue weighted by molar-refractivity contribution is 4.90. The number of aryl methyl sites for hydroxylation is 1. The first-order valence-electron chi connectivity index (χ1n) is 7.39. The van der Waals surface area contributed by atoms with E-state index in [0.717, 1.165) is 24.6 Å². The minimum Gasteiger partial charge on any atom is -0.392 e. The molecule has 0 spiro atoms. The first-order valence-corrected chi connectivity index (χ1v) is 7.39. The lowest BCUT2D eigenvalue weighted by molar-refractivity contribution is 0.0520. The van der Waals surface area contributed by atoms with Crippen molar-refractivity contribution in [3.05, 3.63) is 12.2 Å². The molecule has 0 bridgehead atoms. The summed E-state index contributed by atoms with van der Waals surface area (Å²) in [6.07, 6.45) is 6.67. The Bertz CT molecular complexity index is 400. The molecule has 1 aromatic rings. The van der Waals surface area contributed by atoms with Crippen molar-refractivity contribution in [3.8, 4) is 0 Å². The van der Waals surface area contributed by atoms with Crippen molar-refractivity contribution < 1.29 is 5.11 Å². The molecule has 1 atom stereocenters. The maximum Gasteiger partial charge on any atom is 0.138 e. The van der Waals surface area contributed by atoms with Gasteiger partial charge < -0.3 is 5.11 Å². The number of hydrogen-bond acceptors (Lipinski definition) is 3. The monoisotopic (exact) mass is 265 g/mol. The van der Waals surface area contributed by atoms with Crippen molar-refractivity contribution in [2.75, 3.05) is 0 Å². The fourth-order valence-corrected chi connectivity index (χ4v) is 3.23. The molecular formula is C15H27N3O. The molecule has 0 radical (unpaired) electrons. The van der Waals surface area contributed by atoms with Gasteiger partial charge in [-0.3, -0.25) is 4.68 Å². The number of hydrogen-bond donors (Lipinski definition) is 1. The molecular weight excluding hydrogens is 238 g/mol. The summed E-state index contributed by atoms with van der Waals surface area (Å²) in [5, 5.41) is 14.4. The molecule has 0 aliphatic heterocycles. The SMILES string of the molecule is Cn1ncnc1CC(O)C1CCC(C(C)(C)C)CC1. The molecule has 1 aromatic heterocycles. The molecule has 4 heteroatoms. The Hall–Kier alpha value is -0.900. The van der Waals surface area contributed by atoms with Crippen molar-refractivity contribution in [1.82, 2.24) is 14.8 Å². The summed E-state index contributed by atoms with van der Waals surface area (Å²) in [5.41, 5.74) is 0.402. The maximum atomic E-state index is 10.4. The smallest absolute Gasteiger partial charge is 0.138 e. The summed E-state index contributed by atoms with van der Waals surface area (Å²) in [7, 11) is 1.88. The van der Waals surface area contributed by atoms with Crippen LogP contribution in [0.4, 0.5) is 0 Å². The van der Waals surface area contributed by atoms with Crippen LogP contribution in [0, 0.1) is 17.3 Å². The number of nitrogens with zero attached hydrogens (tertiary/aromatic N) is 3. The van der Waals surface area contributed by atoms with E-state index in [4.69, 9.17) is 0 Å². The van der Waals surface area contributed by atoms with Gasteiger partial charge >= 0.3 is 0 Å². The molecule has 0 amide bonds. The average molecular weight is 265 g/mol. The van der Waals surface area contributed by atoms with Gasteiger partial charge in [0.1, 0.15) is 12.2 Å². The fraction of sp³-hybridized carbons (Fsp3) is 0.867. The van der Waals surface area contributed by atoms with E-state index in [1.807, 2.05) is 7.05 Å². The van der Waals surface area contributed by atoms with Gasteiger partial charge in [-0.25, -0.2) is 4.98 Å². The van der Waals surface area contributed by atoms with E-state index in [9.17, 15) is 5.11 Å². The lowest BCUT2D eigenvalue weighted by atomic mass is 9.68. The lowest BCUT2D eigenvalue weighted by Crippen LogP contribution is -2.32. The van der Waals surface area contributed by atoms with Gasteiger partial charge in [0.2, 0.25) is 0 Å². The standard InChI is InChI=1S/C15H27N3O/c1-15(2,3)12-7-5-11(6-8-12)13(19)9-14-16-10-17-18(14)4/h10-13,19H,5-9H2,1-4H3. The molecule has 1 N–H and O–H groups in total. The number of aliphatic hydroxyl groups is 1. The van der Waals surface area contributed by atoms with Crippen LogP contribution in [0.1, 0.15) is 52.3 Å². The minimum atomic E-state index is -0.274. The van der Waals surface area contributed by atoms with Crippen LogP contribution in [-0.2, 0) is 13.5 Å². The van der Waals surface area contributed by atoms with E-state index in [1.54, 1.807) is 11.0 Å². The third-order valence-corrected chi connectivity index (χ3v) is 4.74. The number of aromatic nitrogens is 3. The molecule has 1 fully saturated rings. The van der Waals surface area contributed by atoms with Gasteiger partial charge in [0.15, 0.2) is 0 Å². The predicted octanol–water partition coefficient (Wildman–Crippen LogP) is 2.57. The summed E-state index contributed by atoms with van der Waals surface area (Å²) in [6, 6.07) is 0. The van der Waals surface area contributed by atoms with Crippen LogP contribution in [-0.4, -0.2) is 26.0 Å². The van der Waals surface area contributed by atoms with Crippen molar-refractivity contribution in [1.29, 1.82) is 0 Å². The molecule has 1 unspecified atom stereocenters. The van der Waals surface area contributed by atoms with Gasteiger partial charge in [0.25, 0.3) is 0 Å². The fourth-order valence-electron chi connectivity index (χ4n) is 3.23.